The molecule has 1 heterocycles. The molecular formula is C14H14OS2. The molecule has 2 aromatic rings. The molecule has 17 heavy (non-hydrogen) atoms. The minimum absolute atomic E-state index is 0.735. The first-order valence-electron chi connectivity index (χ1n) is 5.57. The summed E-state index contributed by atoms with van der Waals surface area (Å²) in [6, 6.07) is 12.1. The largest absolute Gasteiger partial charge is 0.298 e. The number of aryl methyl sites for hydroxylation is 1. The number of hydrogen-bond acceptors (Lipinski definition) is 3. The van der Waals surface area contributed by atoms with Gasteiger partial charge in [-0.05, 0) is 30.7 Å². The molecule has 0 saturated carbocycles. The Labute approximate surface area is 110 Å². The average Bonchev–Trinajstić information content (AvgIpc) is 2.85. The highest BCUT2D eigenvalue weighted by atomic mass is 32.2. The molecule has 0 atom stereocenters. The van der Waals surface area contributed by atoms with Gasteiger partial charge in [0.2, 0.25) is 0 Å². The van der Waals surface area contributed by atoms with E-state index >= 15 is 0 Å². The average molecular weight is 262 g/mol. The van der Waals surface area contributed by atoms with Gasteiger partial charge in [-0.3, -0.25) is 4.79 Å². The molecule has 0 bridgehead atoms. The minimum Gasteiger partial charge on any atom is -0.298 e. The lowest BCUT2D eigenvalue weighted by molar-refractivity contribution is 0.112. The Hall–Kier alpha value is -1.06. The number of carbonyl (C=O) groups excluding carboxylic acids is 1. The van der Waals surface area contributed by atoms with Gasteiger partial charge in [0.05, 0.1) is 0 Å². The van der Waals surface area contributed by atoms with Gasteiger partial charge >= 0.3 is 0 Å². The zero-order valence-electron chi connectivity index (χ0n) is 9.68. The van der Waals surface area contributed by atoms with Crippen LogP contribution in [-0.2, 0) is 12.2 Å². The summed E-state index contributed by atoms with van der Waals surface area (Å²) in [4.78, 5) is 14.6. The lowest BCUT2D eigenvalue weighted by Gasteiger charge is -1.99. The van der Waals surface area contributed by atoms with Gasteiger partial charge in [0, 0.05) is 26.0 Å². The van der Waals surface area contributed by atoms with E-state index in [0.717, 1.165) is 24.0 Å². The number of hydrogen-bond donors (Lipinski definition) is 0. The monoisotopic (exact) mass is 262 g/mol. The van der Waals surface area contributed by atoms with Crippen molar-refractivity contribution in [3.05, 3.63) is 51.7 Å². The molecule has 0 aliphatic rings. The van der Waals surface area contributed by atoms with Crippen LogP contribution in [0.3, 0.4) is 0 Å². The molecule has 1 aromatic heterocycles. The SMILES string of the molecule is CCc1ccc(CSc2ccc(C=O)cc2)s1. The van der Waals surface area contributed by atoms with Crippen molar-refractivity contribution in [3.63, 3.8) is 0 Å². The Morgan fingerprint density at radius 3 is 2.41 bits per heavy atom. The first kappa shape index (κ1) is 12.4. The molecule has 0 spiro atoms. The van der Waals surface area contributed by atoms with Crippen LogP contribution in [0.15, 0.2) is 41.3 Å². The summed E-state index contributed by atoms with van der Waals surface area (Å²) in [5.74, 6) is 1.01. The molecular weight excluding hydrogens is 248 g/mol. The third kappa shape index (κ3) is 3.45. The van der Waals surface area contributed by atoms with Crippen molar-refractivity contribution in [2.75, 3.05) is 0 Å². The quantitative estimate of drug-likeness (QED) is 0.586. The maximum absolute atomic E-state index is 10.5. The van der Waals surface area contributed by atoms with Gasteiger partial charge in [-0.25, -0.2) is 0 Å². The fourth-order valence-electron chi connectivity index (χ4n) is 1.49. The first-order valence-corrected chi connectivity index (χ1v) is 7.37. The van der Waals surface area contributed by atoms with E-state index in [0.29, 0.717) is 0 Å². The van der Waals surface area contributed by atoms with Crippen molar-refractivity contribution >= 4 is 29.4 Å². The summed E-state index contributed by atoms with van der Waals surface area (Å²) in [6.45, 7) is 2.18. The molecule has 1 aromatic carbocycles. The second kappa shape index (κ2) is 6.03. The molecule has 0 radical (unpaired) electrons. The van der Waals surface area contributed by atoms with Crippen LogP contribution in [0.1, 0.15) is 27.0 Å². The van der Waals surface area contributed by atoms with Gasteiger partial charge in [0.15, 0.2) is 0 Å². The van der Waals surface area contributed by atoms with Crippen molar-refractivity contribution in [2.24, 2.45) is 0 Å². The first-order chi connectivity index (χ1) is 8.31. The molecule has 88 valence electrons. The molecule has 0 saturated heterocycles. The predicted octanol–water partition coefficient (Wildman–Crippen LogP) is 4.42. The van der Waals surface area contributed by atoms with E-state index in [1.165, 1.54) is 14.6 Å². The minimum atomic E-state index is 0.735. The van der Waals surface area contributed by atoms with Crippen LogP contribution in [-0.4, -0.2) is 6.29 Å². The van der Waals surface area contributed by atoms with Gasteiger partial charge in [-0.1, -0.05) is 19.1 Å². The van der Waals surface area contributed by atoms with Crippen molar-refractivity contribution in [1.82, 2.24) is 0 Å². The number of rotatable bonds is 5. The molecule has 0 aliphatic carbocycles. The molecule has 0 fully saturated rings. The molecule has 0 amide bonds. The Morgan fingerprint density at radius 1 is 1.12 bits per heavy atom. The third-order valence-electron chi connectivity index (χ3n) is 2.46. The van der Waals surface area contributed by atoms with E-state index < -0.39 is 0 Å². The van der Waals surface area contributed by atoms with E-state index in [1.54, 1.807) is 0 Å². The van der Waals surface area contributed by atoms with Crippen LogP contribution >= 0.6 is 23.1 Å². The molecule has 1 nitrogen and oxygen atoms in total. The molecule has 0 unspecified atom stereocenters. The molecule has 2 rings (SSSR count). The Morgan fingerprint density at radius 2 is 1.82 bits per heavy atom. The van der Waals surface area contributed by atoms with Crippen LogP contribution in [0.25, 0.3) is 0 Å². The summed E-state index contributed by atoms with van der Waals surface area (Å²) < 4.78 is 0. The summed E-state index contributed by atoms with van der Waals surface area (Å²) in [5.41, 5.74) is 0.735. The van der Waals surface area contributed by atoms with Crippen molar-refractivity contribution < 1.29 is 4.79 Å². The fourth-order valence-corrected chi connectivity index (χ4v) is 3.39. The summed E-state index contributed by atoms with van der Waals surface area (Å²) in [7, 11) is 0. The summed E-state index contributed by atoms with van der Waals surface area (Å²) in [5, 5.41) is 0. The van der Waals surface area contributed by atoms with Crippen LogP contribution in [0.5, 0.6) is 0 Å². The number of thioether (sulfide) groups is 1. The number of benzene rings is 1. The topological polar surface area (TPSA) is 17.1 Å². The Bertz CT molecular complexity index is 485. The second-order valence-corrected chi connectivity index (χ2v) is 6.00. The van der Waals surface area contributed by atoms with E-state index in [1.807, 2.05) is 47.4 Å². The highest BCUT2D eigenvalue weighted by molar-refractivity contribution is 7.98. The van der Waals surface area contributed by atoms with Gasteiger partial charge in [0.25, 0.3) is 0 Å². The molecule has 0 N–H and O–H groups in total. The van der Waals surface area contributed by atoms with Crippen LogP contribution in [0.4, 0.5) is 0 Å². The van der Waals surface area contributed by atoms with Crippen molar-refractivity contribution in [3.8, 4) is 0 Å². The summed E-state index contributed by atoms with van der Waals surface area (Å²) in [6.07, 6.45) is 1.99. The summed E-state index contributed by atoms with van der Waals surface area (Å²) >= 11 is 3.69. The maximum atomic E-state index is 10.5. The zero-order valence-corrected chi connectivity index (χ0v) is 11.3. The fraction of sp³-hybridized carbons (Fsp3) is 0.214. The van der Waals surface area contributed by atoms with Crippen molar-refractivity contribution in [2.45, 2.75) is 24.0 Å². The van der Waals surface area contributed by atoms with Gasteiger partial charge < -0.3 is 0 Å². The van der Waals surface area contributed by atoms with Gasteiger partial charge in [0.1, 0.15) is 6.29 Å². The van der Waals surface area contributed by atoms with Gasteiger partial charge in [-0.15, -0.1) is 23.1 Å². The highest BCUT2D eigenvalue weighted by Gasteiger charge is 2.00. The number of carbonyl (C=O) groups is 1. The van der Waals surface area contributed by atoms with Crippen LogP contribution < -0.4 is 0 Å². The normalized spacial score (nSPS) is 10.4. The van der Waals surface area contributed by atoms with Gasteiger partial charge in [-0.2, -0.15) is 0 Å². The van der Waals surface area contributed by atoms with Crippen LogP contribution in [0, 0.1) is 0 Å². The van der Waals surface area contributed by atoms with E-state index in [-0.39, 0.29) is 0 Å². The number of thiophene rings is 1. The lowest BCUT2D eigenvalue weighted by Crippen LogP contribution is -1.79. The van der Waals surface area contributed by atoms with Crippen molar-refractivity contribution in [1.29, 1.82) is 0 Å². The molecule has 0 aliphatic heterocycles. The lowest BCUT2D eigenvalue weighted by atomic mass is 10.2. The highest BCUT2D eigenvalue weighted by Crippen LogP contribution is 2.27. The third-order valence-corrected chi connectivity index (χ3v) is 4.94. The zero-order chi connectivity index (χ0) is 12.1. The Balaban J connectivity index is 1.94. The van der Waals surface area contributed by atoms with E-state index in [9.17, 15) is 4.79 Å². The predicted molar refractivity (Wildman–Crippen MR) is 75.1 cm³/mol. The van der Waals surface area contributed by atoms with Crippen LogP contribution in [0.2, 0.25) is 0 Å². The standard InChI is InChI=1S/C14H14OS2/c1-2-12-7-8-14(17-12)10-16-13-5-3-11(9-15)4-6-13/h3-9H,2,10H2,1H3. The van der Waals surface area contributed by atoms with E-state index in [4.69, 9.17) is 0 Å². The number of aldehydes is 1. The van der Waals surface area contributed by atoms with E-state index in [2.05, 4.69) is 19.1 Å². The smallest absolute Gasteiger partial charge is 0.150 e. The second-order valence-electron chi connectivity index (χ2n) is 3.70. The molecule has 3 heteroatoms. The Kier molecular flexibility index (Phi) is 4.40. The maximum Gasteiger partial charge on any atom is 0.150 e.